The minimum Gasteiger partial charge on any atom is -0.508 e. The van der Waals surface area contributed by atoms with Crippen LogP contribution in [0, 0.1) is 29.6 Å². The Morgan fingerprint density at radius 1 is 0.395 bits per heavy atom. The lowest BCUT2D eigenvalue weighted by Gasteiger charge is -2.29. The minimum atomic E-state index is -1.81. The second-order valence-corrected chi connectivity index (χ2v) is 32.2. The van der Waals surface area contributed by atoms with Crippen molar-refractivity contribution in [2.75, 3.05) is 19.6 Å². The summed E-state index contributed by atoms with van der Waals surface area (Å²) in [5.41, 5.74) is 18.3. The summed E-state index contributed by atoms with van der Waals surface area (Å²) in [5, 5.41) is 68.9. The van der Waals surface area contributed by atoms with Gasteiger partial charge in [0.2, 0.25) is 106 Å². The van der Waals surface area contributed by atoms with Gasteiger partial charge in [0.05, 0.1) is 50.9 Å². The van der Waals surface area contributed by atoms with Crippen LogP contribution >= 0.6 is 0 Å². The van der Waals surface area contributed by atoms with Gasteiger partial charge in [0.25, 0.3) is 0 Å². The van der Waals surface area contributed by atoms with E-state index >= 15 is 0 Å². The molecule has 0 saturated heterocycles. The molecule has 45 heteroatoms. The molecule has 0 aliphatic heterocycles. The number of amides is 18. The van der Waals surface area contributed by atoms with Gasteiger partial charge in [0, 0.05) is 43.0 Å². The summed E-state index contributed by atoms with van der Waals surface area (Å²) in [6, 6.07) is -14.0. The molecule has 2 heterocycles. The standard InChI is InChI=1S/C79H125N23O22/c1-15-41(10)64(78(123)100-55(25-40(8)9)77(122)102-65(45(14)103)79(124)95-52(66(82)111)22-37(2)3)101-62(108)34-86-68(113)43(12)91-69(114)44(13)92-73(118)57(28-48-31-84-36-89-48)99-76(121)58(29-59(81)105)93-61(107)33-85-67(112)42(11)90-60(106)32-87-71(116)56(27-47-30-83-35-88-47)98-75(120)54(24-39(6)7)97-74(119)53(23-38(4)5)96-72(117)51(20-21-63(109)110)94-70(115)50(80)26-46-16-18-49(104)19-17-46/h16-19,30-31,35-45,50-58,64-65,103-104H,15,20-29,32-34,80H2,1-14H3,(H2,81,105)(H2,82,111)(H,83,88)(H,84,89)(H,85,112)(H,86,113)(H,87,116)(H,90,106)(H,91,114)(H,92,118)(H,93,107)(H,94,115)(H,95,124)(H,96,117)(H,97,119)(H,98,120)(H,99,121)(H,100,123)(H,101,108)(H,102,122)(H,109,110)/t41-,42-,43-,44-,45+,50+,51-,52-,53-,54-,55-,56-,57-,58-,64-,65-/m0/s1. The first kappa shape index (κ1) is 105. The number of aromatic nitrogens is 4. The summed E-state index contributed by atoms with van der Waals surface area (Å²) in [5.74, 6) is -19.5. The number of phenolic OH excluding ortho intramolecular Hbond substituents is 1. The molecule has 45 nitrogen and oxygen atoms in total. The van der Waals surface area contributed by atoms with E-state index in [0.717, 1.165) is 0 Å². The Hall–Kier alpha value is -12.7. The molecule has 0 spiro atoms. The minimum absolute atomic E-state index is 0.00720. The number of nitrogens with two attached hydrogens (primary N) is 3. The van der Waals surface area contributed by atoms with Crippen molar-refractivity contribution in [3.05, 3.63) is 66.3 Å². The van der Waals surface area contributed by atoms with Crippen LogP contribution in [0.4, 0.5) is 0 Å². The van der Waals surface area contributed by atoms with Gasteiger partial charge in [-0.25, -0.2) is 9.97 Å². The number of aliphatic hydroxyl groups excluding tert-OH is 1. The van der Waals surface area contributed by atoms with E-state index in [9.17, 15) is 106 Å². The highest BCUT2D eigenvalue weighted by Crippen LogP contribution is 2.17. The number of H-pyrrole nitrogens is 2. The van der Waals surface area contributed by atoms with Gasteiger partial charge in [0.1, 0.15) is 84.3 Å². The highest BCUT2D eigenvalue weighted by atomic mass is 16.4. The Balaban J connectivity index is 1.65. The molecule has 124 heavy (non-hydrogen) atoms. The molecule has 0 aliphatic rings. The van der Waals surface area contributed by atoms with Crippen LogP contribution in [-0.2, 0) is 110 Å². The summed E-state index contributed by atoms with van der Waals surface area (Å²) in [6.07, 6.45) is 1.84. The number of hydrogen-bond donors (Lipinski definition) is 24. The Kier molecular flexibility index (Phi) is 44.7. The van der Waals surface area contributed by atoms with Crippen LogP contribution in [0.25, 0.3) is 0 Å². The maximum absolute atomic E-state index is 14.3. The third kappa shape index (κ3) is 39.0. The largest absolute Gasteiger partial charge is 0.508 e. The van der Waals surface area contributed by atoms with Crippen molar-refractivity contribution >= 4 is 112 Å². The van der Waals surface area contributed by atoms with Crippen LogP contribution in [0.2, 0.25) is 0 Å². The van der Waals surface area contributed by atoms with E-state index in [2.05, 4.69) is 105 Å². The van der Waals surface area contributed by atoms with E-state index in [4.69, 9.17) is 17.2 Å². The van der Waals surface area contributed by atoms with Crippen LogP contribution < -0.4 is 102 Å². The van der Waals surface area contributed by atoms with E-state index < -0.39 is 248 Å². The fourth-order valence-electron chi connectivity index (χ4n) is 12.2. The molecule has 0 saturated carbocycles. The van der Waals surface area contributed by atoms with Gasteiger partial charge in [-0.2, -0.15) is 0 Å². The van der Waals surface area contributed by atoms with E-state index in [-0.39, 0.29) is 80.1 Å². The van der Waals surface area contributed by atoms with Gasteiger partial charge >= 0.3 is 5.97 Å². The van der Waals surface area contributed by atoms with E-state index in [1.54, 1.807) is 69.2 Å². The van der Waals surface area contributed by atoms with Crippen molar-refractivity contribution in [2.24, 2.45) is 46.8 Å². The predicted molar refractivity (Wildman–Crippen MR) is 444 cm³/mol. The molecule has 0 unspecified atom stereocenters. The van der Waals surface area contributed by atoms with Gasteiger partial charge in [-0.1, -0.05) is 87.8 Å². The van der Waals surface area contributed by atoms with Crippen LogP contribution in [-0.4, -0.2) is 258 Å². The number of benzene rings is 1. The number of carboxylic acid groups (broad SMARTS) is 1. The lowest BCUT2D eigenvalue weighted by molar-refractivity contribution is -0.138. The zero-order valence-electron chi connectivity index (χ0n) is 72.3. The quantitative estimate of drug-likeness (QED) is 0.0250. The Bertz CT molecular complexity index is 4130. The third-order valence-electron chi connectivity index (χ3n) is 19.1. The maximum atomic E-state index is 14.3. The van der Waals surface area contributed by atoms with Crippen LogP contribution in [0.3, 0.4) is 0 Å². The van der Waals surface area contributed by atoms with Crippen LogP contribution in [0.15, 0.2) is 49.3 Å². The lowest BCUT2D eigenvalue weighted by Crippen LogP contribution is -2.61. The molecular weight excluding hydrogens is 1620 g/mol. The summed E-state index contributed by atoms with van der Waals surface area (Å²) in [7, 11) is 0. The molecule has 18 amide bonds. The van der Waals surface area contributed by atoms with Gasteiger partial charge < -0.3 is 128 Å². The monoisotopic (exact) mass is 1750 g/mol. The Morgan fingerprint density at radius 2 is 0.766 bits per heavy atom. The molecule has 1 aromatic carbocycles. The third-order valence-corrected chi connectivity index (χ3v) is 19.1. The van der Waals surface area contributed by atoms with Gasteiger partial charge in [-0.05, 0) is 114 Å². The average molecular weight is 1750 g/mol. The molecule has 16 atom stereocenters. The first-order valence-electron chi connectivity index (χ1n) is 40.8. The van der Waals surface area contributed by atoms with Gasteiger partial charge in [-0.15, -0.1) is 0 Å². The Labute approximate surface area is 717 Å². The highest BCUT2D eigenvalue weighted by Gasteiger charge is 2.39. The number of phenols is 1. The second kappa shape index (κ2) is 52.6. The number of aromatic amines is 2. The molecule has 2 aromatic heterocycles. The zero-order chi connectivity index (χ0) is 93.5. The van der Waals surface area contributed by atoms with E-state index in [1.807, 2.05) is 0 Å². The number of nitrogens with zero attached hydrogens (tertiary/aromatic N) is 2. The molecule has 27 N–H and O–H groups in total. The fourth-order valence-corrected chi connectivity index (χ4v) is 12.2. The fraction of sp³-hybridized carbons (Fsp3) is 0.608. The molecule has 0 bridgehead atoms. The number of aliphatic carboxylic acids is 1. The lowest BCUT2D eigenvalue weighted by atomic mass is 9.96. The number of aromatic hydroxyl groups is 1. The number of aliphatic hydroxyl groups is 1. The first-order chi connectivity index (χ1) is 58.1. The predicted octanol–water partition coefficient (Wildman–Crippen LogP) is -6.26. The van der Waals surface area contributed by atoms with E-state index in [0.29, 0.717) is 17.7 Å². The van der Waals surface area contributed by atoms with Crippen LogP contribution in [0.1, 0.15) is 165 Å². The Morgan fingerprint density at radius 3 is 1.21 bits per heavy atom. The summed E-state index contributed by atoms with van der Waals surface area (Å²) >= 11 is 0. The maximum Gasteiger partial charge on any atom is 0.303 e. The SMILES string of the molecule is CC[C@H](C)[C@H](NC(=O)CNC(=O)[C@H](C)NC(=O)[C@H](C)NC(=O)[C@H](Cc1cnc[nH]1)NC(=O)[C@H](CC(N)=O)NC(=O)CNC(=O)[C@H](C)NC(=O)CNC(=O)[C@H](Cc1cnc[nH]1)NC(=O)[C@H](CC(C)C)NC(=O)[C@H](CC(C)C)NC(=O)[C@H](CCC(=O)O)NC(=O)[C@H](N)Cc1ccc(O)cc1)C(=O)N[C@@H](CC(C)C)C(=O)N[C@H](C(=O)N[C@@H](CC(C)C)C(N)=O)[C@@H](C)O. The summed E-state index contributed by atoms with van der Waals surface area (Å²) < 4.78 is 0. The number of carbonyl (C=O) groups excluding carboxylic acids is 18. The number of imidazole rings is 2. The number of rotatable bonds is 55. The smallest absolute Gasteiger partial charge is 0.303 e. The molecule has 0 radical (unpaired) electrons. The van der Waals surface area contributed by atoms with Crippen molar-refractivity contribution in [1.82, 2.24) is 105 Å². The van der Waals surface area contributed by atoms with Crippen molar-refractivity contribution < 1.29 is 106 Å². The summed E-state index contributed by atoms with van der Waals surface area (Å²) in [4.78, 5) is 268. The van der Waals surface area contributed by atoms with Gasteiger partial charge in [0.15, 0.2) is 0 Å². The zero-order valence-corrected chi connectivity index (χ0v) is 72.3. The van der Waals surface area contributed by atoms with Crippen molar-refractivity contribution in [3.8, 4) is 5.75 Å². The number of nitrogens with one attached hydrogen (secondary N) is 18. The number of carboxylic acids is 1. The van der Waals surface area contributed by atoms with Crippen LogP contribution in [0.5, 0.6) is 5.75 Å². The summed E-state index contributed by atoms with van der Waals surface area (Å²) in [6.45, 7) is 20.0. The highest BCUT2D eigenvalue weighted by molar-refractivity contribution is 6.01. The number of hydrogen-bond acceptors (Lipinski definition) is 24. The number of carbonyl (C=O) groups is 19. The molecule has 3 aromatic rings. The van der Waals surface area contributed by atoms with Crippen molar-refractivity contribution in [3.63, 3.8) is 0 Å². The normalized spacial score (nSPS) is 15.1. The topological polar surface area (TPSA) is 713 Å². The van der Waals surface area contributed by atoms with Crippen molar-refractivity contribution in [1.29, 1.82) is 0 Å². The number of primary amides is 2. The average Bonchev–Trinajstić information content (AvgIpc) is 1.27. The molecule has 688 valence electrons. The first-order valence-corrected chi connectivity index (χ1v) is 40.8. The molecule has 0 aliphatic carbocycles. The van der Waals surface area contributed by atoms with Crippen molar-refractivity contribution in [2.45, 2.75) is 258 Å². The van der Waals surface area contributed by atoms with E-state index in [1.165, 1.54) is 77.0 Å². The second-order valence-electron chi connectivity index (χ2n) is 32.2. The molecule has 3 rings (SSSR count). The molecular formula is C79H125N23O22. The molecule has 0 fully saturated rings. The van der Waals surface area contributed by atoms with Gasteiger partial charge in [-0.3, -0.25) is 91.1 Å².